The van der Waals surface area contributed by atoms with Crippen LogP contribution in [0.4, 0.5) is 16.2 Å². The lowest BCUT2D eigenvalue weighted by Gasteiger charge is -2.37. The Labute approximate surface area is 168 Å². The fraction of sp³-hybridized carbons (Fsp3) is 0.667. The highest BCUT2D eigenvalue weighted by Crippen LogP contribution is 2.27. The maximum Gasteiger partial charge on any atom is 0.410 e. The van der Waals surface area contributed by atoms with Crippen LogP contribution in [0.1, 0.15) is 31.9 Å². The number of rotatable bonds is 3. The van der Waals surface area contributed by atoms with E-state index >= 15 is 0 Å². The highest BCUT2D eigenvalue weighted by atomic mass is 16.6. The third kappa shape index (κ3) is 5.29. The van der Waals surface area contributed by atoms with E-state index in [9.17, 15) is 4.79 Å². The van der Waals surface area contributed by atoms with Crippen LogP contribution in [0.25, 0.3) is 0 Å². The number of anilines is 2. The molecule has 2 saturated heterocycles. The van der Waals surface area contributed by atoms with E-state index in [-0.39, 0.29) is 6.09 Å². The molecule has 0 spiro atoms. The Morgan fingerprint density at radius 2 is 1.75 bits per heavy atom. The van der Waals surface area contributed by atoms with Crippen molar-refractivity contribution in [3.05, 3.63) is 23.3 Å². The molecule has 2 fully saturated rings. The molecule has 3 rings (SSSR count). The zero-order chi connectivity index (χ0) is 20.3. The smallest absolute Gasteiger partial charge is 0.410 e. The number of hydrogen-bond donors (Lipinski definition) is 2. The summed E-state index contributed by atoms with van der Waals surface area (Å²) in [5, 5.41) is 3.40. The first kappa shape index (κ1) is 20.7. The molecule has 156 valence electrons. The molecule has 0 aliphatic carbocycles. The Balaban J connectivity index is 1.65. The standard InChI is InChI=1S/C21H35N5O2/c1-16-17(15-24-7-5-23-6-8-24)13-18(14-19(16)22)25-9-11-26(12-10-25)20(27)28-21(2,3)4/h13-14,23H,5-12,15,22H2,1-4H3. The second-order valence-corrected chi connectivity index (χ2v) is 8.80. The van der Waals surface area contributed by atoms with Crippen LogP contribution in [0.5, 0.6) is 0 Å². The summed E-state index contributed by atoms with van der Waals surface area (Å²) in [7, 11) is 0. The Morgan fingerprint density at radius 1 is 1.11 bits per heavy atom. The molecule has 28 heavy (non-hydrogen) atoms. The maximum absolute atomic E-state index is 12.3. The lowest BCUT2D eigenvalue weighted by Crippen LogP contribution is -2.50. The minimum atomic E-state index is -0.460. The Kier molecular flexibility index (Phi) is 6.35. The van der Waals surface area contributed by atoms with Crippen LogP contribution in [0.15, 0.2) is 12.1 Å². The van der Waals surface area contributed by atoms with E-state index in [1.807, 2.05) is 20.8 Å². The molecular formula is C21H35N5O2. The van der Waals surface area contributed by atoms with Crippen molar-refractivity contribution < 1.29 is 9.53 Å². The van der Waals surface area contributed by atoms with Gasteiger partial charge in [-0.25, -0.2) is 4.79 Å². The number of benzene rings is 1. The molecule has 1 aromatic rings. The summed E-state index contributed by atoms with van der Waals surface area (Å²) in [6.45, 7) is 15.9. The average molecular weight is 390 g/mol. The lowest BCUT2D eigenvalue weighted by atomic mass is 10.0. The van der Waals surface area contributed by atoms with Gasteiger partial charge >= 0.3 is 6.09 Å². The monoisotopic (exact) mass is 389 g/mol. The van der Waals surface area contributed by atoms with E-state index < -0.39 is 5.60 Å². The van der Waals surface area contributed by atoms with E-state index in [2.05, 4.69) is 34.2 Å². The summed E-state index contributed by atoms with van der Waals surface area (Å²) < 4.78 is 5.49. The van der Waals surface area contributed by atoms with Gasteiger partial charge in [0.1, 0.15) is 5.60 Å². The van der Waals surface area contributed by atoms with Crippen LogP contribution < -0.4 is 16.0 Å². The summed E-state index contributed by atoms with van der Waals surface area (Å²) in [4.78, 5) is 18.9. The van der Waals surface area contributed by atoms with E-state index in [1.54, 1.807) is 4.90 Å². The Morgan fingerprint density at radius 3 is 2.36 bits per heavy atom. The third-order valence-electron chi connectivity index (χ3n) is 5.44. The number of amides is 1. The normalized spacial score (nSPS) is 19.0. The summed E-state index contributed by atoms with van der Waals surface area (Å²) in [5.41, 5.74) is 10.3. The highest BCUT2D eigenvalue weighted by Gasteiger charge is 2.26. The molecule has 3 N–H and O–H groups in total. The molecule has 0 bridgehead atoms. The fourth-order valence-electron chi connectivity index (χ4n) is 3.71. The maximum atomic E-state index is 12.3. The predicted octanol–water partition coefficient (Wildman–Crippen LogP) is 2.04. The van der Waals surface area contributed by atoms with Gasteiger partial charge in [0.05, 0.1) is 0 Å². The van der Waals surface area contributed by atoms with Gasteiger partial charge in [0.15, 0.2) is 0 Å². The zero-order valence-corrected chi connectivity index (χ0v) is 17.8. The second kappa shape index (κ2) is 8.57. The second-order valence-electron chi connectivity index (χ2n) is 8.80. The fourth-order valence-corrected chi connectivity index (χ4v) is 3.71. The van der Waals surface area contributed by atoms with Crippen molar-refractivity contribution in [1.29, 1.82) is 0 Å². The van der Waals surface area contributed by atoms with Gasteiger partial charge in [-0.05, 0) is 51.0 Å². The number of carbonyl (C=O) groups excluding carboxylic acids is 1. The van der Waals surface area contributed by atoms with Crippen molar-refractivity contribution in [2.45, 2.75) is 39.8 Å². The van der Waals surface area contributed by atoms with Crippen LogP contribution in [-0.2, 0) is 11.3 Å². The zero-order valence-electron chi connectivity index (χ0n) is 17.8. The van der Waals surface area contributed by atoms with Crippen molar-refractivity contribution in [2.24, 2.45) is 0 Å². The largest absolute Gasteiger partial charge is 0.444 e. The van der Waals surface area contributed by atoms with E-state index in [0.29, 0.717) is 13.1 Å². The first-order chi connectivity index (χ1) is 13.2. The third-order valence-corrected chi connectivity index (χ3v) is 5.44. The quantitative estimate of drug-likeness (QED) is 0.771. The van der Waals surface area contributed by atoms with E-state index in [0.717, 1.165) is 57.2 Å². The molecule has 7 heteroatoms. The van der Waals surface area contributed by atoms with Crippen LogP contribution in [-0.4, -0.2) is 73.9 Å². The van der Waals surface area contributed by atoms with Gasteiger partial charge in [-0.2, -0.15) is 0 Å². The number of nitrogen functional groups attached to an aromatic ring is 1. The minimum Gasteiger partial charge on any atom is -0.444 e. The van der Waals surface area contributed by atoms with Crippen molar-refractivity contribution in [3.63, 3.8) is 0 Å². The molecule has 1 amide bonds. The number of hydrogen-bond acceptors (Lipinski definition) is 6. The van der Waals surface area contributed by atoms with Gasteiger partial charge in [-0.1, -0.05) is 0 Å². The van der Waals surface area contributed by atoms with E-state index in [4.69, 9.17) is 10.5 Å². The van der Waals surface area contributed by atoms with Crippen LogP contribution in [0.3, 0.4) is 0 Å². The number of nitrogens with two attached hydrogens (primary N) is 1. The number of nitrogens with zero attached hydrogens (tertiary/aromatic N) is 3. The SMILES string of the molecule is Cc1c(N)cc(N2CCN(C(=O)OC(C)(C)C)CC2)cc1CN1CCNCC1. The first-order valence-corrected chi connectivity index (χ1v) is 10.3. The van der Waals surface area contributed by atoms with Crippen molar-refractivity contribution in [2.75, 3.05) is 63.0 Å². The average Bonchev–Trinajstić information content (AvgIpc) is 2.65. The Hall–Kier alpha value is -1.99. The molecule has 2 aliphatic heterocycles. The highest BCUT2D eigenvalue weighted by molar-refractivity contribution is 5.69. The number of carbonyl (C=O) groups is 1. The molecule has 0 saturated carbocycles. The number of nitrogens with one attached hydrogen (secondary N) is 1. The number of piperazine rings is 2. The summed E-state index contributed by atoms with van der Waals surface area (Å²) >= 11 is 0. The van der Waals surface area contributed by atoms with Gasteiger partial charge in [0, 0.05) is 70.3 Å². The Bertz CT molecular complexity index is 687. The number of ether oxygens (including phenoxy) is 1. The van der Waals surface area contributed by atoms with Gasteiger partial charge in [0.25, 0.3) is 0 Å². The van der Waals surface area contributed by atoms with Crippen LogP contribution >= 0.6 is 0 Å². The molecule has 2 aliphatic rings. The molecular weight excluding hydrogens is 354 g/mol. The first-order valence-electron chi connectivity index (χ1n) is 10.3. The van der Waals surface area contributed by atoms with Gasteiger partial charge in [-0.15, -0.1) is 0 Å². The molecule has 0 aromatic heterocycles. The van der Waals surface area contributed by atoms with Gasteiger partial charge in [-0.3, -0.25) is 4.90 Å². The van der Waals surface area contributed by atoms with Gasteiger partial charge in [0.2, 0.25) is 0 Å². The van der Waals surface area contributed by atoms with Crippen LogP contribution in [0, 0.1) is 6.92 Å². The summed E-state index contributed by atoms with van der Waals surface area (Å²) in [5.74, 6) is 0. The molecule has 0 atom stereocenters. The van der Waals surface area contributed by atoms with Crippen molar-refractivity contribution >= 4 is 17.5 Å². The van der Waals surface area contributed by atoms with Crippen LogP contribution in [0.2, 0.25) is 0 Å². The molecule has 0 unspecified atom stereocenters. The molecule has 7 nitrogen and oxygen atoms in total. The topological polar surface area (TPSA) is 74.1 Å². The molecule has 2 heterocycles. The predicted molar refractivity (Wildman–Crippen MR) is 114 cm³/mol. The summed E-state index contributed by atoms with van der Waals surface area (Å²) in [6.07, 6.45) is -0.227. The van der Waals surface area contributed by atoms with Crippen molar-refractivity contribution in [3.8, 4) is 0 Å². The van der Waals surface area contributed by atoms with Gasteiger partial charge < -0.3 is 25.6 Å². The van der Waals surface area contributed by atoms with Crippen molar-refractivity contribution in [1.82, 2.24) is 15.1 Å². The molecule has 1 aromatic carbocycles. The van der Waals surface area contributed by atoms with E-state index in [1.165, 1.54) is 11.1 Å². The minimum absolute atomic E-state index is 0.227. The molecule has 0 radical (unpaired) electrons. The summed E-state index contributed by atoms with van der Waals surface area (Å²) in [6, 6.07) is 4.34. The lowest BCUT2D eigenvalue weighted by molar-refractivity contribution is 0.0240.